The van der Waals surface area contributed by atoms with E-state index >= 15 is 0 Å². The van der Waals surface area contributed by atoms with Crippen LogP contribution in [0.5, 0.6) is 0 Å². The second-order valence-corrected chi connectivity index (χ2v) is 5.23. The Morgan fingerprint density at radius 2 is 1.92 bits per heavy atom. The van der Waals surface area contributed by atoms with Crippen molar-refractivity contribution in [1.29, 1.82) is 0 Å². The molecule has 0 saturated carbocycles. The van der Waals surface area contributed by atoms with E-state index in [1.54, 1.807) is 25.5 Å². The van der Waals surface area contributed by atoms with Gasteiger partial charge in [0.2, 0.25) is 5.95 Å². The van der Waals surface area contributed by atoms with E-state index in [1.807, 2.05) is 24.3 Å². The van der Waals surface area contributed by atoms with Gasteiger partial charge in [0.25, 0.3) is 5.69 Å². The molecule has 0 spiro atoms. The summed E-state index contributed by atoms with van der Waals surface area (Å²) in [5, 5.41) is 17.0. The molecule has 3 rings (SSSR count). The van der Waals surface area contributed by atoms with E-state index in [2.05, 4.69) is 25.6 Å². The summed E-state index contributed by atoms with van der Waals surface area (Å²) < 4.78 is 0. The number of aromatic nitrogens is 3. The fourth-order valence-corrected chi connectivity index (χ4v) is 2.29. The third kappa shape index (κ3) is 4.05. The van der Waals surface area contributed by atoms with Crippen LogP contribution < -0.4 is 10.6 Å². The fourth-order valence-electron chi connectivity index (χ4n) is 2.29. The van der Waals surface area contributed by atoms with Crippen LogP contribution in [0.25, 0.3) is 11.3 Å². The zero-order chi connectivity index (χ0) is 17.6. The number of benzene rings is 1. The van der Waals surface area contributed by atoms with Gasteiger partial charge in [-0.3, -0.25) is 15.1 Å². The van der Waals surface area contributed by atoms with E-state index in [9.17, 15) is 10.1 Å². The molecule has 0 unspecified atom stereocenters. The number of nitrogens with one attached hydrogen (secondary N) is 2. The van der Waals surface area contributed by atoms with Crippen molar-refractivity contribution in [2.24, 2.45) is 0 Å². The van der Waals surface area contributed by atoms with Crippen molar-refractivity contribution in [2.45, 2.75) is 6.54 Å². The van der Waals surface area contributed by atoms with Crippen molar-refractivity contribution in [1.82, 2.24) is 15.0 Å². The van der Waals surface area contributed by atoms with Gasteiger partial charge in [-0.25, -0.2) is 4.98 Å². The molecule has 0 radical (unpaired) electrons. The zero-order valence-electron chi connectivity index (χ0n) is 13.5. The Balaban J connectivity index is 1.83. The molecule has 0 saturated heterocycles. The highest BCUT2D eigenvalue weighted by atomic mass is 16.6. The Kier molecular flexibility index (Phi) is 4.79. The topological polar surface area (TPSA) is 106 Å². The molecule has 0 amide bonds. The zero-order valence-corrected chi connectivity index (χ0v) is 13.5. The maximum absolute atomic E-state index is 10.9. The number of nitro groups is 1. The standard InChI is InChI=1S/C17H16N6O2/c1-18-17-21-15(13-5-7-19-8-6-13)10-16(22-17)20-11-12-3-2-4-14(9-12)23(24)25/h2-10H,11H2,1H3,(H2,18,20,21,22). The van der Waals surface area contributed by atoms with Gasteiger partial charge in [-0.1, -0.05) is 12.1 Å². The van der Waals surface area contributed by atoms with Gasteiger partial charge in [0.1, 0.15) is 5.82 Å². The SMILES string of the molecule is CNc1nc(NCc2cccc([N+](=O)[O-])c2)cc(-c2ccncc2)n1. The summed E-state index contributed by atoms with van der Waals surface area (Å²) in [7, 11) is 1.75. The molecule has 0 aliphatic carbocycles. The molecular weight excluding hydrogens is 320 g/mol. The molecule has 8 nitrogen and oxygen atoms in total. The van der Waals surface area contributed by atoms with E-state index in [1.165, 1.54) is 12.1 Å². The Morgan fingerprint density at radius 3 is 2.64 bits per heavy atom. The van der Waals surface area contributed by atoms with E-state index in [0.717, 1.165) is 16.8 Å². The number of pyridine rings is 1. The first-order valence-electron chi connectivity index (χ1n) is 7.60. The van der Waals surface area contributed by atoms with Gasteiger partial charge in [0, 0.05) is 49.7 Å². The molecule has 126 valence electrons. The molecule has 0 bridgehead atoms. The molecule has 2 N–H and O–H groups in total. The van der Waals surface area contributed by atoms with Crippen molar-refractivity contribution in [3.8, 4) is 11.3 Å². The van der Waals surface area contributed by atoms with Crippen LogP contribution in [-0.2, 0) is 6.54 Å². The summed E-state index contributed by atoms with van der Waals surface area (Å²) in [4.78, 5) is 23.3. The number of rotatable bonds is 6. The lowest BCUT2D eigenvalue weighted by Crippen LogP contribution is -2.05. The molecule has 0 fully saturated rings. The van der Waals surface area contributed by atoms with Crippen LogP contribution in [0.3, 0.4) is 0 Å². The van der Waals surface area contributed by atoms with Gasteiger partial charge < -0.3 is 10.6 Å². The highest BCUT2D eigenvalue weighted by Crippen LogP contribution is 2.21. The van der Waals surface area contributed by atoms with Crippen LogP contribution in [0.4, 0.5) is 17.5 Å². The summed E-state index contributed by atoms with van der Waals surface area (Å²) in [5.41, 5.74) is 2.54. The van der Waals surface area contributed by atoms with E-state index in [4.69, 9.17) is 0 Å². The summed E-state index contributed by atoms with van der Waals surface area (Å²) >= 11 is 0. The summed E-state index contributed by atoms with van der Waals surface area (Å²) in [5.74, 6) is 1.11. The van der Waals surface area contributed by atoms with Crippen LogP contribution in [0.1, 0.15) is 5.56 Å². The smallest absolute Gasteiger partial charge is 0.269 e. The lowest BCUT2D eigenvalue weighted by atomic mass is 10.2. The Hall–Kier alpha value is -3.55. The molecule has 8 heteroatoms. The van der Waals surface area contributed by atoms with Crippen molar-refractivity contribution in [3.63, 3.8) is 0 Å². The average Bonchev–Trinajstić information content (AvgIpc) is 2.67. The van der Waals surface area contributed by atoms with Crippen LogP contribution in [0, 0.1) is 10.1 Å². The third-order valence-corrected chi connectivity index (χ3v) is 3.52. The van der Waals surface area contributed by atoms with Gasteiger partial charge in [-0.2, -0.15) is 4.98 Å². The van der Waals surface area contributed by atoms with Crippen LogP contribution in [-0.4, -0.2) is 26.9 Å². The summed E-state index contributed by atoms with van der Waals surface area (Å²) in [6.07, 6.45) is 3.40. The number of hydrogen-bond acceptors (Lipinski definition) is 7. The maximum Gasteiger partial charge on any atom is 0.269 e. The maximum atomic E-state index is 10.9. The van der Waals surface area contributed by atoms with Gasteiger partial charge in [0.05, 0.1) is 10.6 Å². The molecule has 0 aliphatic rings. The first-order valence-corrected chi connectivity index (χ1v) is 7.60. The molecule has 1 aromatic carbocycles. The monoisotopic (exact) mass is 336 g/mol. The van der Waals surface area contributed by atoms with Crippen molar-refractivity contribution >= 4 is 17.5 Å². The average molecular weight is 336 g/mol. The first kappa shape index (κ1) is 16.3. The molecule has 0 aliphatic heterocycles. The van der Waals surface area contributed by atoms with Gasteiger partial charge in [-0.15, -0.1) is 0 Å². The van der Waals surface area contributed by atoms with Gasteiger partial charge in [-0.05, 0) is 17.7 Å². The first-order chi connectivity index (χ1) is 12.2. The second kappa shape index (κ2) is 7.35. The molecule has 0 atom stereocenters. The molecule has 2 aromatic heterocycles. The second-order valence-electron chi connectivity index (χ2n) is 5.23. The Bertz CT molecular complexity index is 885. The molecule has 2 heterocycles. The Labute approximate surface area is 144 Å². The van der Waals surface area contributed by atoms with Crippen LogP contribution >= 0.6 is 0 Å². The predicted molar refractivity (Wildman–Crippen MR) is 95.2 cm³/mol. The lowest BCUT2D eigenvalue weighted by molar-refractivity contribution is -0.384. The number of non-ortho nitro benzene ring substituents is 1. The number of nitro benzene ring substituents is 1. The highest BCUT2D eigenvalue weighted by Gasteiger charge is 2.08. The minimum atomic E-state index is -0.408. The predicted octanol–water partition coefficient (Wildman–Crippen LogP) is 3.10. The normalized spacial score (nSPS) is 10.3. The minimum Gasteiger partial charge on any atom is -0.366 e. The highest BCUT2D eigenvalue weighted by molar-refractivity contribution is 5.63. The minimum absolute atomic E-state index is 0.0652. The van der Waals surface area contributed by atoms with Gasteiger partial charge >= 0.3 is 0 Å². The summed E-state index contributed by atoms with van der Waals surface area (Å²) in [6.45, 7) is 0.414. The molecular formula is C17H16N6O2. The van der Waals surface area contributed by atoms with Crippen molar-refractivity contribution in [3.05, 3.63) is 70.5 Å². The Morgan fingerprint density at radius 1 is 1.12 bits per heavy atom. The molecule has 25 heavy (non-hydrogen) atoms. The quantitative estimate of drug-likeness (QED) is 0.526. The van der Waals surface area contributed by atoms with E-state index in [0.29, 0.717) is 18.3 Å². The molecule has 3 aromatic rings. The number of nitrogens with zero attached hydrogens (tertiary/aromatic N) is 4. The van der Waals surface area contributed by atoms with E-state index in [-0.39, 0.29) is 5.69 Å². The fraction of sp³-hybridized carbons (Fsp3) is 0.118. The van der Waals surface area contributed by atoms with E-state index < -0.39 is 4.92 Å². The summed E-state index contributed by atoms with van der Waals surface area (Å²) in [6, 6.07) is 12.1. The van der Waals surface area contributed by atoms with Crippen molar-refractivity contribution < 1.29 is 4.92 Å². The third-order valence-electron chi connectivity index (χ3n) is 3.52. The van der Waals surface area contributed by atoms with Crippen LogP contribution in [0.15, 0.2) is 54.9 Å². The number of anilines is 2. The lowest BCUT2D eigenvalue weighted by Gasteiger charge is -2.10. The largest absolute Gasteiger partial charge is 0.366 e. The van der Waals surface area contributed by atoms with Crippen LogP contribution in [0.2, 0.25) is 0 Å². The van der Waals surface area contributed by atoms with Crippen molar-refractivity contribution in [2.75, 3.05) is 17.7 Å². The van der Waals surface area contributed by atoms with Gasteiger partial charge in [0.15, 0.2) is 0 Å². The number of hydrogen-bond donors (Lipinski definition) is 2.